The Morgan fingerprint density at radius 3 is 2.32 bits per heavy atom. The van der Waals surface area contributed by atoms with E-state index in [0.717, 1.165) is 37.4 Å². The minimum atomic E-state index is 0.113. The first kappa shape index (κ1) is 12.2. The van der Waals surface area contributed by atoms with Crippen molar-refractivity contribution in [1.29, 1.82) is 5.26 Å². The molecule has 1 unspecified atom stereocenters. The monoisotopic (exact) mass is 259 g/mol. The van der Waals surface area contributed by atoms with Crippen molar-refractivity contribution in [2.45, 2.75) is 44.6 Å². The fourth-order valence-corrected chi connectivity index (χ4v) is 5.98. The zero-order valence-electron chi connectivity index (χ0n) is 11.8. The van der Waals surface area contributed by atoms with Gasteiger partial charge < -0.3 is 5.32 Å². The SMILES string of the molecule is N#CC1CNCCN1CC12CC3CC(CC(C3)C1)C2. The van der Waals surface area contributed by atoms with Crippen LogP contribution in [0, 0.1) is 34.5 Å². The van der Waals surface area contributed by atoms with Crippen LogP contribution in [0.1, 0.15) is 38.5 Å². The fourth-order valence-electron chi connectivity index (χ4n) is 5.98. The molecule has 0 aromatic heterocycles. The predicted molar refractivity (Wildman–Crippen MR) is 74.4 cm³/mol. The molecular weight excluding hydrogens is 234 g/mol. The molecule has 0 amide bonds. The maximum Gasteiger partial charge on any atom is 0.110 e. The maximum atomic E-state index is 9.34. The zero-order chi connectivity index (χ0) is 12.9. The predicted octanol–water partition coefficient (Wildman–Crippen LogP) is 2.00. The van der Waals surface area contributed by atoms with Gasteiger partial charge in [0.15, 0.2) is 0 Å². The van der Waals surface area contributed by atoms with Crippen molar-refractivity contribution < 1.29 is 0 Å². The molecule has 1 atom stereocenters. The molecule has 104 valence electrons. The molecule has 3 heteroatoms. The fraction of sp³-hybridized carbons (Fsp3) is 0.938. The van der Waals surface area contributed by atoms with Crippen molar-refractivity contribution in [3.05, 3.63) is 0 Å². The van der Waals surface area contributed by atoms with Gasteiger partial charge in [-0.15, -0.1) is 0 Å². The molecule has 1 heterocycles. The Kier molecular flexibility index (Phi) is 2.86. The van der Waals surface area contributed by atoms with Crippen LogP contribution >= 0.6 is 0 Å². The number of nitrogens with zero attached hydrogens (tertiary/aromatic N) is 2. The van der Waals surface area contributed by atoms with Crippen LogP contribution in [0.3, 0.4) is 0 Å². The van der Waals surface area contributed by atoms with E-state index in [9.17, 15) is 5.26 Å². The van der Waals surface area contributed by atoms with E-state index in [1.54, 1.807) is 0 Å². The van der Waals surface area contributed by atoms with Crippen LogP contribution < -0.4 is 5.32 Å². The molecule has 0 aromatic rings. The van der Waals surface area contributed by atoms with Crippen molar-refractivity contribution in [2.75, 3.05) is 26.2 Å². The summed E-state index contributed by atoms with van der Waals surface area (Å²) in [5.41, 5.74) is 0.585. The normalized spacial score (nSPS) is 49.2. The van der Waals surface area contributed by atoms with Gasteiger partial charge in [-0.3, -0.25) is 4.90 Å². The Labute approximate surface area is 116 Å². The van der Waals surface area contributed by atoms with Gasteiger partial charge in [-0.2, -0.15) is 5.26 Å². The average Bonchev–Trinajstić information content (AvgIpc) is 2.37. The molecule has 5 rings (SSSR count). The standard InChI is InChI=1S/C16H25N3/c17-9-15-10-18-1-2-19(15)11-16-6-12-3-13(7-16)5-14(4-12)8-16/h12-15,18H,1-8,10-11H2. The van der Waals surface area contributed by atoms with Crippen LogP contribution in [0.2, 0.25) is 0 Å². The largest absolute Gasteiger partial charge is 0.313 e. The van der Waals surface area contributed by atoms with Crippen molar-refractivity contribution in [2.24, 2.45) is 23.2 Å². The van der Waals surface area contributed by atoms with Crippen LogP contribution in [-0.2, 0) is 0 Å². The molecule has 1 aliphatic heterocycles. The van der Waals surface area contributed by atoms with Crippen LogP contribution in [-0.4, -0.2) is 37.1 Å². The third kappa shape index (κ3) is 2.10. The second-order valence-electron chi connectivity index (χ2n) is 7.74. The van der Waals surface area contributed by atoms with E-state index < -0.39 is 0 Å². The van der Waals surface area contributed by atoms with Crippen molar-refractivity contribution in [3.8, 4) is 6.07 Å². The summed E-state index contributed by atoms with van der Waals surface area (Å²) in [7, 11) is 0. The van der Waals surface area contributed by atoms with E-state index in [2.05, 4.69) is 16.3 Å². The number of nitriles is 1. The molecule has 1 saturated heterocycles. The Morgan fingerprint density at radius 2 is 1.74 bits per heavy atom. The highest BCUT2D eigenvalue weighted by atomic mass is 15.2. The Hall–Kier alpha value is -0.590. The summed E-state index contributed by atoms with van der Waals surface area (Å²) in [5, 5.41) is 12.7. The molecule has 0 radical (unpaired) electrons. The summed E-state index contributed by atoms with van der Waals surface area (Å²) in [4.78, 5) is 2.49. The highest BCUT2D eigenvalue weighted by Gasteiger charge is 2.51. The zero-order valence-corrected chi connectivity index (χ0v) is 11.8. The highest BCUT2D eigenvalue weighted by Crippen LogP contribution is 2.60. The van der Waals surface area contributed by atoms with Gasteiger partial charge in [0.25, 0.3) is 0 Å². The molecule has 4 aliphatic carbocycles. The lowest BCUT2D eigenvalue weighted by molar-refractivity contribution is -0.0734. The van der Waals surface area contributed by atoms with Crippen LogP contribution in [0.15, 0.2) is 0 Å². The molecule has 19 heavy (non-hydrogen) atoms. The number of hydrogen-bond acceptors (Lipinski definition) is 3. The summed E-state index contributed by atoms with van der Waals surface area (Å²) >= 11 is 0. The van der Waals surface area contributed by atoms with Gasteiger partial charge in [-0.25, -0.2) is 0 Å². The Morgan fingerprint density at radius 1 is 1.11 bits per heavy atom. The lowest BCUT2D eigenvalue weighted by atomic mass is 9.49. The summed E-state index contributed by atoms with van der Waals surface area (Å²) in [5.74, 6) is 3.07. The summed E-state index contributed by atoms with van der Waals surface area (Å²) in [6.07, 6.45) is 8.93. The molecular formula is C16H25N3. The second-order valence-corrected chi connectivity index (χ2v) is 7.74. The number of piperazine rings is 1. The second kappa shape index (κ2) is 4.46. The summed E-state index contributed by atoms with van der Waals surface area (Å²) in [6.45, 7) is 4.20. The Balaban J connectivity index is 1.51. The lowest BCUT2D eigenvalue weighted by Gasteiger charge is -2.58. The van der Waals surface area contributed by atoms with Gasteiger partial charge in [0.1, 0.15) is 6.04 Å². The van der Waals surface area contributed by atoms with Crippen LogP contribution in [0.4, 0.5) is 0 Å². The first-order valence-electron chi connectivity index (χ1n) is 8.11. The number of hydrogen-bond donors (Lipinski definition) is 1. The quantitative estimate of drug-likeness (QED) is 0.824. The van der Waals surface area contributed by atoms with Crippen LogP contribution in [0.25, 0.3) is 0 Å². The van der Waals surface area contributed by atoms with E-state index in [1.165, 1.54) is 45.1 Å². The van der Waals surface area contributed by atoms with E-state index >= 15 is 0 Å². The Bertz CT molecular complexity index is 362. The lowest BCUT2D eigenvalue weighted by Crippen LogP contribution is -2.57. The molecule has 4 saturated carbocycles. The molecule has 5 fully saturated rings. The number of rotatable bonds is 2. The number of nitrogens with one attached hydrogen (secondary N) is 1. The van der Waals surface area contributed by atoms with E-state index in [4.69, 9.17) is 0 Å². The van der Waals surface area contributed by atoms with Gasteiger partial charge >= 0.3 is 0 Å². The molecule has 4 bridgehead atoms. The van der Waals surface area contributed by atoms with Gasteiger partial charge in [-0.05, 0) is 61.7 Å². The maximum absolute atomic E-state index is 9.34. The third-order valence-electron chi connectivity index (χ3n) is 6.21. The minimum Gasteiger partial charge on any atom is -0.313 e. The minimum absolute atomic E-state index is 0.113. The van der Waals surface area contributed by atoms with Crippen LogP contribution in [0.5, 0.6) is 0 Å². The first-order chi connectivity index (χ1) is 9.26. The van der Waals surface area contributed by atoms with Gasteiger partial charge in [0.05, 0.1) is 6.07 Å². The van der Waals surface area contributed by atoms with Crippen molar-refractivity contribution in [3.63, 3.8) is 0 Å². The smallest absolute Gasteiger partial charge is 0.110 e. The molecule has 5 aliphatic rings. The topological polar surface area (TPSA) is 39.1 Å². The third-order valence-corrected chi connectivity index (χ3v) is 6.21. The first-order valence-corrected chi connectivity index (χ1v) is 8.11. The summed E-state index contributed by atoms with van der Waals surface area (Å²) in [6, 6.07) is 2.61. The average molecular weight is 259 g/mol. The molecule has 1 N–H and O–H groups in total. The van der Waals surface area contributed by atoms with Gasteiger partial charge in [-0.1, -0.05) is 0 Å². The van der Waals surface area contributed by atoms with E-state index in [0.29, 0.717) is 5.41 Å². The molecule has 0 aromatic carbocycles. The van der Waals surface area contributed by atoms with Crippen molar-refractivity contribution in [1.82, 2.24) is 10.2 Å². The molecule has 0 spiro atoms. The van der Waals surface area contributed by atoms with Gasteiger partial charge in [0, 0.05) is 26.2 Å². The highest BCUT2D eigenvalue weighted by molar-refractivity contribution is 5.05. The van der Waals surface area contributed by atoms with E-state index in [-0.39, 0.29) is 6.04 Å². The van der Waals surface area contributed by atoms with E-state index in [1.807, 2.05) is 0 Å². The van der Waals surface area contributed by atoms with Crippen molar-refractivity contribution >= 4 is 0 Å². The van der Waals surface area contributed by atoms with Gasteiger partial charge in [0.2, 0.25) is 0 Å². The summed E-state index contributed by atoms with van der Waals surface area (Å²) < 4.78 is 0. The molecule has 3 nitrogen and oxygen atoms in total.